The highest BCUT2D eigenvalue weighted by Crippen LogP contribution is 2.26. The monoisotopic (exact) mass is 288 g/mol. The maximum Gasteiger partial charge on any atom is 0.303 e. The van der Waals surface area contributed by atoms with Gasteiger partial charge in [0.05, 0.1) is 0 Å². The number of ether oxygens (including phenoxy) is 1. The smallest absolute Gasteiger partial charge is 0.303 e. The molecule has 1 aromatic rings. The molecule has 6 nitrogen and oxygen atoms in total. The fraction of sp³-hybridized carbons (Fsp3) is 0.400. The number of nitrogens with one attached hydrogen (secondary N) is 1. The van der Waals surface area contributed by atoms with Crippen molar-refractivity contribution in [2.75, 3.05) is 11.9 Å². The van der Waals surface area contributed by atoms with E-state index < -0.39 is 17.5 Å². The van der Waals surface area contributed by atoms with Gasteiger partial charge in [-0.05, 0) is 30.5 Å². The number of nitriles is 1. The van der Waals surface area contributed by atoms with Gasteiger partial charge in [0.25, 0.3) is 5.91 Å². The molecule has 0 saturated carbocycles. The van der Waals surface area contributed by atoms with Crippen molar-refractivity contribution in [3.8, 4) is 6.07 Å². The molecule has 0 radical (unpaired) electrons. The van der Waals surface area contributed by atoms with Crippen LogP contribution in [0.4, 0.5) is 5.69 Å². The zero-order valence-electron chi connectivity index (χ0n) is 11.5. The number of hydrogen-bond donors (Lipinski definition) is 2. The minimum Gasteiger partial charge on any atom is -0.481 e. The van der Waals surface area contributed by atoms with Crippen molar-refractivity contribution < 1.29 is 19.4 Å². The quantitative estimate of drug-likeness (QED) is 0.859. The number of benzene rings is 1. The Morgan fingerprint density at radius 1 is 1.38 bits per heavy atom. The molecule has 6 heteroatoms. The Bertz CT molecular complexity index is 568. The number of aryl methyl sites for hydroxylation is 1. The third kappa shape index (κ3) is 3.58. The van der Waals surface area contributed by atoms with E-state index in [1.165, 1.54) is 0 Å². The zero-order valence-corrected chi connectivity index (χ0v) is 11.5. The Morgan fingerprint density at radius 2 is 2.10 bits per heavy atom. The van der Waals surface area contributed by atoms with Crippen LogP contribution in [0.3, 0.4) is 0 Å². The second kappa shape index (κ2) is 6.37. The lowest BCUT2D eigenvalue weighted by Gasteiger charge is -2.18. The summed E-state index contributed by atoms with van der Waals surface area (Å²) < 4.78 is 5.27. The molecule has 1 heterocycles. The number of hydrogen-bond acceptors (Lipinski definition) is 4. The van der Waals surface area contributed by atoms with E-state index in [1.807, 2.05) is 6.07 Å². The van der Waals surface area contributed by atoms with Crippen LogP contribution in [0.1, 0.15) is 24.8 Å². The van der Waals surface area contributed by atoms with E-state index >= 15 is 0 Å². The molecule has 1 aliphatic heterocycles. The van der Waals surface area contributed by atoms with Gasteiger partial charge in [-0.25, -0.2) is 0 Å². The first-order chi connectivity index (χ1) is 10.1. The van der Waals surface area contributed by atoms with E-state index in [2.05, 4.69) is 5.32 Å². The number of carboxylic acid groups (broad SMARTS) is 1. The van der Waals surface area contributed by atoms with E-state index in [4.69, 9.17) is 15.1 Å². The second-order valence-electron chi connectivity index (χ2n) is 4.94. The number of rotatable bonds is 5. The normalized spacial score (nSPS) is 20.7. The molecule has 1 atom stereocenters. The molecule has 2 N–H and O–H groups in total. The minimum absolute atomic E-state index is 0.0666. The first-order valence-electron chi connectivity index (χ1n) is 6.73. The van der Waals surface area contributed by atoms with E-state index in [0.29, 0.717) is 31.6 Å². The zero-order chi connectivity index (χ0) is 15.3. The number of aliphatic carboxylic acids is 1. The fourth-order valence-electron chi connectivity index (χ4n) is 2.20. The molecule has 1 unspecified atom stereocenters. The highest BCUT2D eigenvalue weighted by molar-refractivity contribution is 5.99. The third-order valence-electron chi connectivity index (χ3n) is 3.41. The molecular formula is C15H16N2O4. The summed E-state index contributed by atoms with van der Waals surface area (Å²) in [6, 6.07) is 8.84. The molecule has 0 bridgehead atoms. The lowest BCUT2D eigenvalue weighted by atomic mass is 10.0. The number of anilines is 1. The Morgan fingerprint density at radius 3 is 2.62 bits per heavy atom. The SMILES string of the molecule is N#CC1(C(=O)Nc2ccc(CCC(=O)O)cc2)CCCO1. The first kappa shape index (κ1) is 15.0. The van der Waals surface area contributed by atoms with Gasteiger partial charge in [0.2, 0.25) is 5.60 Å². The van der Waals surface area contributed by atoms with Crippen molar-refractivity contribution in [1.82, 2.24) is 0 Å². The molecule has 1 saturated heterocycles. The van der Waals surface area contributed by atoms with Crippen molar-refractivity contribution in [3.63, 3.8) is 0 Å². The van der Waals surface area contributed by atoms with Crippen LogP contribution in [0.2, 0.25) is 0 Å². The molecule has 1 aliphatic rings. The topological polar surface area (TPSA) is 99.4 Å². The van der Waals surface area contributed by atoms with Crippen molar-refractivity contribution in [1.29, 1.82) is 5.26 Å². The molecular weight excluding hydrogens is 272 g/mol. The molecule has 21 heavy (non-hydrogen) atoms. The minimum atomic E-state index is -1.39. The van der Waals surface area contributed by atoms with Crippen LogP contribution in [0.15, 0.2) is 24.3 Å². The summed E-state index contributed by atoms with van der Waals surface area (Å²) in [6.07, 6.45) is 1.59. The molecule has 1 amide bonds. The fourth-order valence-corrected chi connectivity index (χ4v) is 2.20. The van der Waals surface area contributed by atoms with Crippen LogP contribution in [0, 0.1) is 11.3 Å². The second-order valence-corrected chi connectivity index (χ2v) is 4.94. The number of carboxylic acids is 1. The highest BCUT2D eigenvalue weighted by atomic mass is 16.5. The Labute approximate surface area is 122 Å². The summed E-state index contributed by atoms with van der Waals surface area (Å²) >= 11 is 0. The highest BCUT2D eigenvalue weighted by Gasteiger charge is 2.43. The van der Waals surface area contributed by atoms with Crippen LogP contribution in [-0.4, -0.2) is 29.2 Å². The predicted molar refractivity (Wildman–Crippen MR) is 74.6 cm³/mol. The number of nitrogens with zero attached hydrogens (tertiary/aromatic N) is 1. The van der Waals surface area contributed by atoms with Gasteiger partial charge in [0, 0.05) is 25.1 Å². The predicted octanol–water partition coefficient (Wildman–Crippen LogP) is 1.72. The van der Waals surface area contributed by atoms with Gasteiger partial charge >= 0.3 is 5.97 Å². The van der Waals surface area contributed by atoms with Crippen molar-refractivity contribution >= 4 is 17.6 Å². The Hall–Kier alpha value is -2.39. The Balaban J connectivity index is 1.98. The van der Waals surface area contributed by atoms with Crippen LogP contribution in [-0.2, 0) is 20.7 Å². The summed E-state index contributed by atoms with van der Waals surface area (Å²) in [5, 5.41) is 20.4. The maximum absolute atomic E-state index is 12.1. The van der Waals surface area contributed by atoms with Crippen LogP contribution in [0.25, 0.3) is 0 Å². The van der Waals surface area contributed by atoms with Gasteiger partial charge < -0.3 is 15.2 Å². The van der Waals surface area contributed by atoms with Crippen LogP contribution < -0.4 is 5.32 Å². The van der Waals surface area contributed by atoms with Gasteiger partial charge in [-0.15, -0.1) is 0 Å². The summed E-state index contributed by atoms with van der Waals surface area (Å²) in [6.45, 7) is 0.412. The van der Waals surface area contributed by atoms with Crippen molar-refractivity contribution in [3.05, 3.63) is 29.8 Å². The summed E-state index contributed by atoms with van der Waals surface area (Å²) in [4.78, 5) is 22.6. The van der Waals surface area contributed by atoms with E-state index in [0.717, 1.165) is 5.56 Å². The van der Waals surface area contributed by atoms with Crippen molar-refractivity contribution in [2.24, 2.45) is 0 Å². The molecule has 0 aromatic heterocycles. The molecule has 0 spiro atoms. The number of amides is 1. The van der Waals surface area contributed by atoms with Gasteiger partial charge in [-0.2, -0.15) is 5.26 Å². The van der Waals surface area contributed by atoms with Gasteiger partial charge in [0.1, 0.15) is 6.07 Å². The summed E-state index contributed by atoms with van der Waals surface area (Å²) in [5.41, 5.74) is 0.0498. The van der Waals surface area contributed by atoms with E-state index in [-0.39, 0.29) is 6.42 Å². The largest absolute Gasteiger partial charge is 0.481 e. The summed E-state index contributed by atoms with van der Waals surface area (Å²) in [5.74, 6) is -1.30. The molecule has 110 valence electrons. The number of carbonyl (C=O) groups is 2. The third-order valence-corrected chi connectivity index (χ3v) is 3.41. The van der Waals surface area contributed by atoms with Gasteiger partial charge in [-0.3, -0.25) is 9.59 Å². The molecule has 1 aromatic carbocycles. The average molecular weight is 288 g/mol. The summed E-state index contributed by atoms with van der Waals surface area (Å²) in [7, 11) is 0. The van der Waals surface area contributed by atoms with E-state index in [9.17, 15) is 9.59 Å². The first-order valence-corrected chi connectivity index (χ1v) is 6.73. The van der Waals surface area contributed by atoms with Crippen molar-refractivity contribution in [2.45, 2.75) is 31.3 Å². The molecule has 2 rings (SSSR count). The Kier molecular flexibility index (Phi) is 4.55. The van der Waals surface area contributed by atoms with Crippen LogP contribution in [0.5, 0.6) is 0 Å². The van der Waals surface area contributed by atoms with Crippen LogP contribution >= 0.6 is 0 Å². The number of carbonyl (C=O) groups excluding carboxylic acids is 1. The van der Waals surface area contributed by atoms with Gasteiger partial charge in [0.15, 0.2) is 0 Å². The van der Waals surface area contributed by atoms with Gasteiger partial charge in [-0.1, -0.05) is 12.1 Å². The molecule has 0 aliphatic carbocycles. The standard InChI is InChI=1S/C15H16N2O4/c16-10-15(8-1-9-21-15)14(20)17-12-5-2-11(3-6-12)4-7-13(18)19/h2-3,5-6H,1,4,7-9H2,(H,17,20)(H,18,19). The molecule has 1 fully saturated rings. The lowest BCUT2D eigenvalue weighted by molar-refractivity contribution is -0.137. The maximum atomic E-state index is 12.1. The lowest BCUT2D eigenvalue weighted by Crippen LogP contribution is -2.40. The average Bonchev–Trinajstić information content (AvgIpc) is 2.96. The van der Waals surface area contributed by atoms with E-state index in [1.54, 1.807) is 24.3 Å².